The molecule has 106 valence electrons. The first-order chi connectivity index (χ1) is 10.1. The van der Waals surface area contributed by atoms with E-state index >= 15 is 0 Å². The molecule has 0 spiro atoms. The molecule has 0 aliphatic rings. The Labute approximate surface area is 131 Å². The van der Waals surface area contributed by atoms with E-state index in [0.29, 0.717) is 6.54 Å². The number of hydrogen-bond donors (Lipinski definition) is 1. The number of anilines is 1. The minimum absolute atomic E-state index is 0.0312. The Bertz CT molecular complexity index is 790. The molecule has 1 aromatic heterocycles. The lowest BCUT2D eigenvalue weighted by molar-refractivity contribution is -0.116. The van der Waals surface area contributed by atoms with Gasteiger partial charge in [-0.2, -0.15) is 0 Å². The van der Waals surface area contributed by atoms with Gasteiger partial charge in [0.15, 0.2) is 0 Å². The molecule has 2 aromatic carbocycles. The van der Waals surface area contributed by atoms with Crippen LogP contribution in [0.3, 0.4) is 0 Å². The van der Waals surface area contributed by atoms with Crippen LogP contribution in [0.25, 0.3) is 10.9 Å². The number of nitrogens with one attached hydrogen (secondary N) is 1. The van der Waals surface area contributed by atoms with Crippen LogP contribution >= 0.6 is 15.9 Å². The van der Waals surface area contributed by atoms with Gasteiger partial charge in [0.05, 0.1) is 0 Å². The quantitative estimate of drug-likeness (QED) is 0.754. The molecular formula is C17H15BrN2O. The zero-order valence-electron chi connectivity index (χ0n) is 11.6. The van der Waals surface area contributed by atoms with Crippen molar-refractivity contribution in [2.24, 2.45) is 0 Å². The van der Waals surface area contributed by atoms with Gasteiger partial charge in [0.25, 0.3) is 0 Å². The Kier molecular flexibility index (Phi) is 3.80. The maximum Gasteiger partial charge on any atom is 0.244 e. The van der Waals surface area contributed by atoms with Gasteiger partial charge in [-0.15, -0.1) is 0 Å². The number of amides is 1. The van der Waals surface area contributed by atoms with E-state index in [0.717, 1.165) is 21.1 Å². The van der Waals surface area contributed by atoms with Crippen LogP contribution in [0.4, 0.5) is 5.69 Å². The maximum absolute atomic E-state index is 12.1. The highest BCUT2D eigenvalue weighted by Crippen LogP contribution is 2.24. The summed E-state index contributed by atoms with van der Waals surface area (Å²) in [6.07, 6.45) is 1.93. The first kappa shape index (κ1) is 13.9. The number of carbonyl (C=O) groups excluding carboxylic acids is 1. The molecule has 0 bridgehead atoms. The van der Waals surface area contributed by atoms with Crippen molar-refractivity contribution in [1.29, 1.82) is 0 Å². The predicted octanol–water partition coefficient (Wildman–Crippen LogP) is 4.35. The number of aromatic nitrogens is 1. The number of rotatable bonds is 3. The molecule has 0 saturated carbocycles. The highest BCUT2D eigenvalue weighted by molar-refractivity contribution is 9.10. The molecule has 0 aliphatic carbocycles. The summed E-state index contributed by atoms with van der Waals surface area (Å²) in [5.74, 6) is -0.0312. The molecule has 3 rings (SSSR count). The van der Waals surface area contributed by atoms with Crippen molar-refractivity contribution in [2.75, 3.05) is 5.32 Å². The lowest BCUT2D eigenvalue weighted by atomic mass is 10.2. The van der Waals surface area contributed by atoms with Crippen LogP contribution in [0.2, 0.25) is 0 Å². The van der Waals surface area contributed by atoms with E-state index in [1.165, 1.54) is 5.56 Å². The molecule has 0 atom stereocenters. The van der Waals surface area contributed by atoms with Gasteiger partial charge in [-0.25, -0.2) is 0 Å². The average Bonchev–Trinajstić information content (AvgIpc) is 2.86. The molecule has 0 unspecified atom stereocenters. The van der Waals surface area contributed by atoms with E-state index in [-0.39, 0.29) is 5.91 Å². The van der Waals surface area contributed by atoms with Crippen molar-refractivity contribution in [3.63, 3.8) is 0 Å². The van der Waals surface area contributed by atoms with Gasteiger partial charge in [0.1, 0.15) is 6.54 Å². The molecule has 1 amide bonds. The fraction of sp³-hybridized carbons (Fsp3) is 0.118. The monoisotopic (exact) mass is 342 g/mol. The van der Waals surface area contributed by atoms with E-state index < -0.39 is 0 Å². The molecule has 0 aliphatic heterocycles. The van der Waals surface area contributed by atoms with Crippen molar-refractivity contribution in [2.45, 2.75) is 13.5 Å². The summed E-state index contributed by atoms with van der Waals surface area (Å²) in [5, 5.41) is 4.03. The Morgan fingerprint density at radius 1 is 1.14 bits per heavy atom. The minimum atomic E-state index is -0.0312. The van der Waals surface area contributed by atoms with Gasteiger partial charge in [-0.05, 0) is 37.3 Å². The SMILES string of the molecule is Cc1ccc(NC(=O)Cn2ccc3c(Br)cccc32)cc1. The standard InChI is InChI=1S/C17H15BrN2O/c1-12-5-7-13(8-6-12)19-17(21)11-20-10-9-14-15(18)3-2-4-16(14)20/h2-10H,11H2,1H3,(H,19,21). The zero-order valence-corrected chi connectivity index (χ0v) is 13.2. The normalized spacial score (nSPS) is 10.8. The van der Waals surface area contributed by atoms with Crippen molar-refractivity contribution < 1.29 is 4.79 Å². The third-order valence-electron chi connectivity index (χ3n) is 3.41. The van der Waals surface area contributed by atoms with Crippen molar-refractivity contribution >= 4 is 38.4 Å². The number of carbonyl (C=O) groups is 1. The van der Waals surface area contributed by atoms with Crippen LogP contribution in [0.5, 0.6) is 0 Å². The van der Waals surface area contributed by atoms with Crippen molar-refractivity contribution in [1.82, 2.24) is 4.57 Å². The third-order valence-corrected chi connectivity index (χ3v) is 4.10. The summed E-state index contributed by atoms with van der Waals surface area (Å²) in [5.41, 5.74) is 3.04. The topological polar surface area (TPSA) is 34.0 Å². The van der Waals surface area contributed by atoms with Crippen molar-refractivity contribution in [3.05, 3.63) is 64.8 Å². The summed E-state index contributed by atoms with van der Waals surface area (Å²) in [6.45, 7) is 2.32. The van der Waals surface area contributed by atoms with Gasteiger partial charge in [0.2, 0.25) is 5.91 Å². The highest BCUT2D eigenvalue weighted by atomic mass is 79.9. The van der Waals surface area contributed by atoms with Crippen LogP contribution in [-0.4, -0.2) is 10.5 Å². The number of hydrogen-bond acceptors (Lipinski definition) is 1. The molecule has 0 saturated heterocycles. The fourth-order valence-corrected chi connectivity index (χ4v) is 2.80. The van der Waals surface area contributed by atoms with E-state index in [4.69, 9.17) is 0 Å². The van der Waals surface area contributed by atoms with Gasteiger partial charge in [0, 0.05) is 27.3 Å². The number of halogens is 1. The maximum atomic E-state index is 12.1. The lowest BCUT2D eigenvalue weighted by Gasteiger charge is -2.08. The number of aryl methyl sites for hydroxylation is 1. The summed E-state index contributed by atoms with van der Waals surface area (Å²) >= 11 is 3.52. The molecule has 1 heterocycles. The van der Waals surface area contributed by atoms with Crippen LogP contribution in [-0.2, 0) is 11.3 Å². The van der Waals surface area contributed by atoms with Crippen LogP contribution in [0, 0.1) is 6.92 Å². The van der Waals surface area contributed by atoms with Crippen LogP contribution in [0.15, 0.2) is 59.2 Å². The molecule has 0 radical (unpaired) electrons. The van der Waals surface area contributed by atoms with E-state index in [2.05, 4.69) is 21.2 Å². The average molecular weight is 343 g/mol. The van der Waals surface area contributed by atoms with Crippen molar-refractivity contribution in [3.8, 4) is 0 Å². The fourth-order valence-electron chi connectivity index (χ4n) is 2.32. The summed E-state index contributed by atoms with van der Waals surface area (Å²) in [4.78, 5) is 12.1. The third kappa shape index (κ3) is 3.00. The Morgan fingerprint density at radius 3 is 2.67 bits per heavy atom. The van der Waals surface area contributed by atoms with Crippen LogP contribution in [0.1, 0.15) is 5.56 Å². The molecule has 3 aromatic rings. The lowest BCUT2D eigenvalue weighted by Crippen LogP contribution is -2.18. The Morgan fingerprint density at radius 2 is 1.90 bits per heavy atom. The van der Waals surface area contributed by atoms with Gasteiger partial charge >= 0.3 is 0 Å². The number of benzene rings is 2. The molecule has 0 fully saturated rings. The first-order valence-corrected chi connectivity index (χ1v) is 7.53. The second-order valence-corrected chi connectivity index (χ2v) is 5.88. The molecule has 21 heavy (non-hydrogen) atoms. The van der Waals surface area contributed by atoms with Gasteiger partial charge in [-0.3, -0.25) is 4.79 Å². The smallest absolute Gasteiger partial charge is 0.244 e. The second-order valence-electron chi connectivity index (χ2n) is 5.03. The summed E-state index contributed by atoms with van der Waals surface area (Å²) < 4.78 is 2.99. The molecule has 1 N–H and O–H groups in total. The number of fused-ring (bicyclic) bond motifs is 1. The molecule has 4 heteroatoms. The molecular weight excluding hydrogens is 328 g/mol. The number of nitrogens with zero attached hydrogens (tertiary/aromatic N) is 1. The summed E-state index contributed by atoms with van der Waals surface area (Å²) in [6, 6.07) is 15.8. The summed E-state index contributed by atoms with van der Waals surface area (Å²) in [7, 11) is 0. The Balaban J connectivity index is 1.77. The predicted molar refractivity (Wildman–Crippen MR) is 89.4 cm³/mol. The van der Waals surface area contributed by atoms with Crippen LogP contribution < -0.4 is 5.32 Å². The van der Waals surface area contributed by atoms with E-state index in [9.17, 15) is 4.79 Å². The van der Waals surface area contributed by atoms with E-state index in [1.54, 1.807) is 0 Å². The largest absolute Gasteiger partial charge is 0.338 e. The molecule has 3 nitrogen and oxygen atoms in total. The minimum Gasteiger partial charge on any atom is -0.338 e. The van der Waals surface area contributed by atoms with E-state index in [1.807, 2.05) is 66.2 Å². The zero-order chi connectivity index (χ0) is 14.8. The first-order valence-electron chi connectivity index (χ1n) is 6.73. The highest BCUT2D eigenvalue weighted by Gasteiger charge is 2.08. The Hall–Kier alpha value is -2.07. The van der Waals surface area contributed by atoms with Gasteiger partial charge < -0.3 is 9.88 Å². The van der Waals surface area contributed by atoms with Gasteiger partial charge in [-0.1, -0.05) is 39.7 Å². The second kappa shape index (κ2) is 5.74.